The lowest BCUT2D eigenvalue weighted by atomic mass is 10.0. The van der Waals surface area contributed by atoms with E-state index < -0.39 is 24.4 Å². The Hall–Kier alpha value is -2.42. The number of carbonyl (C=O) groups excluding carboxylic acids is 2. The minimum atomic E-state index is -2.56. The van der Waals surface area contributed by atoms with Crippen LogP contribution in [0.3, 0.4) is 0 Å². The van der Waals surface area contributed by atoms with Crippen molar-refractivity contribution in [1.82, 2.24) is 15.5 Å². The van der Waals surface area contributed by atoms with E-state index in [1.54, 1.807) is 0 Å². The second-order valence-corrected chi connectivity index (χ2v) is 7.28. The fourth-order valence-corrected chi connectivity index (χ4v) is 3.83. The average Bonchev–Trinajstić information content (AvgIpc) is 3.12. The molecule has 2 aliphatic heterocycles. The number of fused-ring (bicyclic) bond motifs is 1. The normalized spacial score (nSPS) is 21.3. The van der Waals surface area contributed by atoms with Crippen molar-refractivity contribution in [2.75, 3.05) is 31.6 Å². The van der Waals surface area contributed by atoms with Gasteiger partial charge in [0.25, 0.3) is 6.43 Å². The van der Waals surface area contributed by atoms with Gasteiger partial charge in [0.15, 0.2) is 0 Å². The highest BCUT2D eigenvalue weighted by Crippen LogP contribution is 2.31. The molecule has 2 heterocycles. The van der Waals surface area contributed by atoms with Crippen molar-refractivity contribution in [3.8, 4) is 0 Å². The lowest BCUT2D eigenvalue weighted by Crippen LogP contribution is -2.46. The number of ether oxygens (including phenoxy) is 1. The van der Waals surface area contributed by atoms with Crippen LogP contribution < -0.4 is 16.0 Å². The molecule has 1 aromatic rings. The van der Waals surface area contributed by atoms with Gasteiger partial charge >= 0.3 is 6.03 Å². The van der Waals surface area contributed by atoms with Gasteiger partial charge in [0, 0.05) is 30.9 Å². The summed E-state index contributed by atoms with van der Waals surface area (Å²) in [5.74, 6) is -0.484. The van der Waals surface area contributed by atoms with Crippen LogP contribution in [0.15, 0.2) is 18.2 Å². The molecule has 0 radical (unpaired) electrons. The molecule has 1 fully saturated rings. The van der Waals surface area contributed by atoms with E-state index in [4.69, 9.17) is 4.74 Å². The van der Waals surface area contributed by atoms with Gasteiger partial charge in [0.05, 0.1) is 25.3 Å². The van der Waals surface area contributed by atoms with Gasteiger partial charge in [-0.2, -0.15) is 0 Å². The number of rotatable bonds is 6. The standard InChI is InChI=1S/C20H28F2N4O3/c1-2-17-14-10-13(5-6-15(14)23-7-9-29-17)11-24-20(28)25-12-18(27)26-8-3-4-16(26)19(21)22/h5-6,10,16-17,19,23H,2-4,7-9,11-12H2,1H3,(H2,24,25,28)/t16-,17?/m1/s1. The zero-order valence-corrected chi connectivity index (χ0v) is 16.5. The minimum Gasteiger partial charge on any atom is -0.382 e. The van der Waals surface area contributed by atoms with Crippen molar-refractivity contribution in [2.24, 2.45) is 0 Å². The lowest BCUT2D eigenvalue weighted by Gasteiger charge is -2.24. The summed E-state index contributed by atoms with van der Waals surface area (Å²) in [6.45, 7) is 3.75. The Morgan fingerprint density at radius 3 is 2.93 bits per heavy atom. The SMILES string of the molecule is CCC1OCCNc2ccc(CNC(=O)NCC(=O)N3CCC[C@@H]3C(F)F)cc21. The maximum absolute atomic E-state index is 12.9. The van der Waals surface area contributed by atoms with Crippen LogP contribution in [0.5, 0.6) is 0 Å². The number of urea groups is 1. The smallest absolute Gasteiger partial charge is 0.315 e. The summed E-state index contributed by atoms with van der Waals surface area (Å²) >= 11 is 0. The van der Waals surface area contributed by atoms with Crippen molar-refractivity contribution in [1.29, 1.82) is 0 Å². The molecule has 3 amide bonds. The Morgan fingerprint density at radius 2 is 2.17 bits per heavy atom. The molecule has 7 nitrogen and oxygen atoms in total. The van der Waals surface area contributed by atoms with Crippen LogP contribution in [0.4, 0.5) is 19.3 Å². The highest BCUT2D eigenvalue weighted by molar-refractivity contribution is 5.84. The first kappa shape index (κ1) is 21.3. The number of carbonyl (C=O) groups is 2. The summed E-state index contributed by atoms with van der Waals surface area (Å²) in [5, 5.41) is 8.49. The Morgan fingerprint density at radius 1 is 1.34 bits per heavy atom. The third-order valence-corrected chi connectivity index (χ3v) is 5.33. The van der Waals surface area contributed by atoms with Gasteiger partial charge in [0.1, 0.15) is 0 Å². The molecule has 0 aromatic heterocycles. The number of amides is 3. The number of alkyl halides is 2. The molecule has 29 heavy (non-hydrogen) atoms. The maximum atomic E-state index is 12.9. The molecule has 1 saturated heterocycles. The van der Waals surface area contributed by atoms with E-state index in [1.807, 2.05) is 18.2 Å². The average molecular weight is 410 g/mol. The monoisotopic (exact) mass is 410 g/mol. The molecule has 160 valence electrons. The van der Waals surface area contributed by atoms with Gasteiger partial charge in [-0.25, -0.2) is 13.6 Å². The van der Waals surface area contributed by atoms with Crippen molar-refractivity contribution >= 4 is 17.6 Å². The fourth-order valence-electron chi connectivity index (χ4n) is 3.83. The number of nitrogens with zero attached hydrogens (tertiary/aromatic N) is 1. The molecule has 3 N–H and O–H groups in total. The fraction of sp³-hybridized carbons (Fsp3) is 0.600. The second-order valence-electron chi connectivity index (χ2n) is 7.28. The first-order valence-electron chi connectivity index (χ1n) is 10.1. The van der Waals surface area contributed by atoms with Crippen LogP contribution in [0, 0.1) is 0 Å². The first-order valence-corrected chi connectivity index (χ1v) is 10.1. The zero-order chi connectivity index (χ0) is 20.8. The van der Waals surface area contributed by atoms with Crippen LogP contribution in [0.2, 0.25) is 0 Å². The molecule has 2 aliphatic rings. The first-order chi connectivity index (χ1) is 14.0. The Kier molecular flexibility index (Phi) is 7.24. The van der Waals surface area contributed by atoms with Crippen LogP contribution >= 0.6 is 0 Å². The summed E-state index contributed by atoms with van der Waals surface area (Å²) in [5.41, 5.74) is 3.01. The number of halogens is 2. The molecule has 0 aliphatic carbocycles. The van der Waals surface area contributed by atoms with E-state index in [2.05, 4.69) is 22.9 Å². The summed E-state index contributed by atoms with van der Waals surface area (Å²) in [7, 11) is 0. The van der Waals surface area contributed by atoms with Gasteiger partial charge < -0.3 is 25.6 Å². The number of anilines is 1. The number of benzene rings is 1. The van der Waals surface area contributed by atoms with Crippen molar-refractivity contribution < 1.29 is 23.1 Å². The predicted molar refractivity (Wildman–Crippen MR) is 105 cm³/mol. The van der Waals surface area contributed by atoms with E-state index in [9.17, 15) is 18.4 Å². The van der Waals surface area contributed by atoms with E-state index in [0.717, 1.165) is 34.7 Å². The number of nitrogens with one attached hydrogen (secondary N) is 3. The number of hydrogen-bond acceptors (Lipinski definition) is 4. The second kappa shape index (κ2) is 9.87. The molecular weight excluding hydrogens is 382 g/mol. The van der Waals surface area contributed by atoms with Crippen LogP contribution in [-0.4, -0.2) is 55.5 Å². The molecule has 2 atom stereocenters. The van der Waals surface area contributed by atoms with Gasteiger partial charge in [0.2, 0.25) is 5.91 Å². The van der Waals surface area contributed by atoms with Gasteiger partial charge in [-0.1, -0.05) is 13.0 Å². The lowest BCUT2D eigenvalue weighted by molar-refractivity contribution is -0.133. The number of likely N-dealkylation sites (tertiary alicyclic amines) is 1. The van der Waals surface area contributed by atoms with Crippen LogP contribution in [0.1, 0.15) is 43.4 Å². The van der Waals surface area contributed by atoms with Gasteiger partial charge in [-0.05, 0) is 37.0 Å². The summed E-state index contributed by atoms with van der Waals surface area (Å²) in [4.78, 5) is 25.3. The summed E-state index contributed by atoms with van der Waals surface area (Å²) in [6, 6.07) is 4.34. The largest absolute Gasteiger partial charge is 0.382 e. The molecule has 1 unspecified atom stereocenters. The van der Waals surface area contributed by atoms with Crippen molar-refractivity contribution in [2.45, 2.75) is 51.3 Å². The number of hydrogen-bond donors (Lipinski definition) is 3. The molecule has 1 aromatic carbocycles. The Labute approximate surface area is 169 Å². The van der Waals surface area contributed by atoms with E-state index in [0.29, 0.717) is 26.0 Å². The van der Waals surface area contributed by atoms with E-state index in [1.165, 1.54) is 0 Å². The summed E-state index contributed by atoms with van der Waals surface area (Å²) < 4.78 is 31.7. The zero-order valence-electron chi connectivity index (χ0n) is 16.5. The molecule has 3 rings (SSSR count). The highest BCUT2D eigenvalue weighted by atomic mass is 19.3. The van der Waals surface area contributed by atoms with Gasteiger partial charge in [-0.3, -0.25) is 4.79 Å². The van der Waals surface area contributed by atoms with Crippen LogP contribution in [0.25, 0.3) is 0 Å². The molecule has 0 spiro atoms. The third-order valence-electron chi connectivity index (χ3n) is 5.33. The highest BCUT2D eigenvalue weighted by Gasteiger charge is 2.34. The van der Waals surface area contributed by atoms with E-state index in [-0.39, 0.29) is 19.2 Å². The maximum Gasteiger partial charge on any atom is 0.315 e. The van der Waals surface area contributed by atoms with E-state index >= 15 is 0 Å². The molecule has 0 saturated carbocycles. The quantitative estimate of drug-likeness (QED) is 0.673. The predicted octanol–water partition coefficient (Wildman–Crippen LogP) is 2.64. The van der Waals surface area contributed by atoms with Crippen molar-refractivity contribution in [3.63, 3.8) is 0 Å². The Balaban J connectivity index is 1.49. The van der Waals surface area contributed by atoms with Crippen LogP contribution in [-0.2, 0) is 16.1 Å². The molecule has 9 heteroatoms. The van der Waals surface area contributed by atoms with Crippen molar-refractivity contribution in [3.05, 3.63) is 29.3 Å². The molecular formula is C20H28F2N4O3. The van der Waals surface area contributed by atoms with Gasteiger partial charge in [-0.15, -0.1) is 0 Å². The summed E-state index contributed by atoms with van der Waals surface area (Å²) in [6.07, 6.45) is -0.846. The Bertz CT molecular complexity index is 732. The third kappa shape index (κ3) is 5.35. The topological polar surface area (TPSA) is 82.7 Å². The minimum absolute atomic E-state index is 0.00893. The molecule has 0 bridgehead atoms.